The molecule has 0 spiro atoms. The van der Waals surface area contributed by atoms with Gasteiger partial charge in [0.05, 0.1) is 10.4 Å². The summed E-state index contributed by atoms with van der Waals surface area (Å²) in [7, 11) is 0. The Labute approximate surface area is 162 Å². The van der Waals surface area contributed by atoms with Gasteiger partial charge in [0.15, 0.2) is 22.3 Å². The number of oxazole rings is 1. The van der Waals surface area contributed by atoms with Crippen LogP contribution in [0.5, 0.6) is 0 Å². The van der Waals surface area contributed by atoms with Crippen LogP contribution in [0.4, 0.5) is 13.9 Å². The number of rotatable bonds is 6. The van der Waals surface area contributed by atoms with E-state index in [1.807, 2.05) is 6.07 Å². The van der Waals surface area contributed by atoms with Gasteiger partial charge in [0, 0.05) is 18.8 Å². The molecule has 0 aliphatic carbocycles. The molecule has 0 saturated carbocycles. The van der Waals surface area contributed by atoms with Crippen molar-refractivity contribution >= 4 is 27.6 Å². The van der Waals surface area contributed by atoms with Crippen LogP contribution in [-0.2, 0) is 6.42 Å². The van der Waals surface area contributed by atoms with E-state index in [0.29, 0.717) is 34.8 Å². The van der Waals surface area contributed by atoms with Crippen molar-refractivity contribution < 1.29 is 13.2 Å². The Bertz CT molecular complexity index is 1180. The maximum absolute atomic E-state index is 13.3. The minimum absolute atomic E-state index is 0.289. The lowest BCUT2D eigenvalue weighted by Gasteiger charge is -2.12. The molecule has 9 heteroatoms. The van der Waals surface area contributed by atoms with Crippen LogP contribution in [0.1, 0.15) is 5.56 Å². The first-order chi connectivity index (χ1) is 13.5. The van der Waals surface area contributed by atoms with Gasteiger partial charge < -0.3 is 15.5 Å². The van der Waals surface area contributed by atoms with Gasteiger partial charge in [0.25, 0.3) is 0 Å². The predicted octanol–water partition coefficient (Wildman–Crippen LogP) is 3.50. The first-order valence-corrected chi connectivity index (χ1v) is 9.32. The summed E-state index contributed by atoms with van der Waals surface area (Å²) in [6.07, 6.45) is 2.13. The third-order valence-electron chi connectivity index (χ3n) is 4.21. The van der Waals surface area contributed by atoms with Crippen LogP contribution in [0, 0.1) is 11.6 Å². The molecule has 2 aromatic carbocycles. The summed E-state index contributed by atoms with van der Waals surface area (Å²) in [5.41, 5.74) is 8.72. The summed E-state index contributed by atoms with van der Waals surface area (Å²) in [5, 5.41) is 3.84. The highest BCUT2D eigenvalue weighted by molar-refractivity contribution is 7.18. The molecule has 0 amide bonds. The first kappa shape index (κ1) is 18.3. The highest BCUT2D eigenvalue weighted by Gasteiger charge is 2.11. The van der Waals surface area contributed by atoms with Crippen molar-refractivity contribution in [2.24, 2.45) is 5.73 Å². The van der Waals surface area contributed by atoms with E-state index >= 15 is 0 Å². The van der Waals surface area contributed by atoms with Crippen LogP contribution in [-0.4, -0.2) is 22.6 Å². The van der Waals surface area contributed by atoms with Crippen molar-refractivity contribution in [3.05, 3.63) is 70.3 Å². The second kappa shape index (κ2) is 7.53. The second-order valence-electron chi connectivity index (χ2n) is 6.35. The minimum Gasteiger partial charge on any atom is -0.408 e. The van der Waals surface area contributed by atoms with Crippen LogP contribution in [0.25, 0.3) is 21.5 Å². The van der Waals surface area contributed by atoms with E-state index in [9.17, 15) is 13.6 Å². The zero-order valence-electron chi connectivity index (χ0n) is 14.5. The van der Waals surface area contributed by atoms with Crippen LogP contribution < -0.4 is 16.8 Å². The summed E-state index contributed by atoms with van der Waals surface area (Å²) in [5.74, 6) is -2.24. The van der Waals surface area contributed by atoms with Gasteiger partial charge in [0.1, 0.15) is 0 Å². The smallest absolute Gasteiger partial charge is 0.408 e. The highest BCUT2D eigenvalue weighted by Crippen LogP contribution is 2.30. The van der Waals surface area contributed by atoms with Gasteiger partial charge in [-0.25, -0.2) is 18.6 Å². The fourth-order valence-electron chi connectivity index (χ4n) is 2.85. The van der Waals surface area contributed by atoms with Crippen LogP contribution in [0.3, 0.4) is 0 Å². The van der Waals surface area contributed by atoms with Crippen molar-refractivity contribution in [2.75, 3.05) is 11.9 Å². The molecule has 0 fully saturated rings. The quantitative estimate of drug-likeness (QED) is 0.459. The number of benzene rings is 2. The van der Waals surface area contributed by atoms with E-state index in [1.54, 1.807) is 18.3 Å². The van der Waals surface area contributed by atoms with E-state index in [1.165, 1.54) is 17.4 Å². The number of anilines is 1. The number of thiazole rings is 1. The van der Waals surface area contributed by atoms with E-state index < -0.39 is 17.4 Å². The maximum Gasteiger partial charge on any atom is 0.417 e. The van der Waals surface area contributed by atoms with E-state index in [-0.39, 0.29) is 6.04 Å². The largest absolute Gasteiger partial charge is 0.417 e. The van der Waals surface area contributed by atoms with Gasteiger partial charge in [-0.05, 0) is 41.8 Å². The topological polar surface area (TPSA) is 96.9 Å². The predicted molar refractivity (Wildman–Crippen MR) is 104 cm³/mol. The number of hydrogen-bond donors (Lipinski definition) is 3. The second-order valence-corrected chi connectivity index (χ2v) is 7.38. The molecule has 0 radical (unpaired) electrons. The number of aromatic amines is 1. The Hall–Kier alpha value is -3.04. The monoisotopic (exact) mass is 402 g/mol. The number of nitrogens with two attached hydrogens (primary N) is 1. The lowest BCUT2D eigenvalue weighted by Crippen LogP contribution is -2.31. The molecule has 0 unspecified atom stereocenters. The average molecular weight is 402 g/mol. The SMILES string of the molecule is N[C@@H](CNc1ncc(-c2ccc3[nH]c(=O)oc3c2)s1)Cc1ccc(F)c(F)c1. The lowest BCUT2D eigenvalue weighted by molar-refractivity contribution is 0.506. The Morgan fingerprint density at radius 3 is 2.89 bits per heavy atom. The van der Waals surface area contributed by atoms with E-state index in [0.717, 1.165) is 22.6 Å². The first-order valence-electron chi connectivity index (χ1n) is 8.50. The van der Waals surface area contributed by atoms with Crippen molar-refractivity contribution in [2.45, 2.75) is 12.5 Å². The summed E-state index contributed by atoms with van der Waals surface area (Å²) in [6, 6.07) is 8.92. The molecule has 4 aromatic rings. The van der Waals surface area contributed by atoms with Crippen LogP contribution in [0.2, 0.25) is 0 Å². The van der Waals surface area contributed by atoms with Gasteiger partial charge in [-0.1, -0.05) is 23.5 Å². The van der Waals surface area contributed by atoms with Gasteiger partial charge in [-0.15, -0.1) is 0 Å². The van der Waals surface area contributed by atoms with Gasteiger partial charge >= 0.3 is 5.76 Å². The number of H-pyrrole nitrogens is 1. The standard InChI is InChI=1S/C19H16F2N4O2S/c20-13-3-1-10(6-14(13)21)5-12(22)8-23-18-24-9-17(28-18)11-2-4-15-16(7-11)27-19(26)25-15/h1-4,6-7,9,12H,5,8,22H2,(H,23,24)(H,25,26)/t12-/m1/s1. The Morgan fingerprint density at radius 2 is 2.07 bits per heavy atom. The van der Waals surface area contributed by atoms with Gasteiger partial charge in [-0.3, -0.25) is 4.98 Å². The lowest BCUT2D eigenvalue weighted by atomic mass is 10.1. The third-order valence-corrected chi connectivity index (χ3v) is 5.21. The number of nitrogens with zero attached hydrogens (tertiary/aromatic N) is 1. The van der Waals surface area contributed by atoms with E-state index in [2.05, 4.69) is 15.3 Å². The number of halogens is 2. The number of nitrogens with one attached hydrogen (secondary N) is 2. The molecule has 4 N–H and O–H groups in total. The van der Waals surface area contributed by atoms with Crippen molar-refractivity contribution in [1.29, 1.82) is 0 Å². The zero-order chi connectivity index (χ0) is 19.7. The molecule has 0 bridgehead atoms. The molecular formula is C19H16F2N4O2S. The zero-order valence-corrected chi connectivity index (χ0v) is 15.4. The van der Waals surface area contributed by atoms with Gasteiger partial charge in [-0.2, -0.15) is 0 Å². The molecule has 144 valence electrons. The average Bonchev–Trinajstić information content (AvgIpc) is 3.28. The molecular weight excluding hydrogens is 386 g/mol. The van der Waals surface area contributed by atoms with Crippen molar-refractivity contribution in [3.63, 3.8) is 0 Å². The molecule has 28 heavy (non-hydrogen) atoms. The fourth-order valence-corrected chi connectivity index (χ4v) is 3.67. The van der Waals surface area contributed by atoms with Crippen LogP contribution >= 0.6 is 11.3 Å². The summed E-state index contributed by atoms with van der Waals surface area (Å²) in [4.78, 5) is 19.1. The molecule has 2 aromatic heterocycles. The number of fused-ring (bicyclic) bond motifs is 1. The molecule has 0 aliphatic rings. The summed E-state index contributed by atoms with van der Waals surface area (Å²) < 4.78 is 31.3. The van der Waals surface area contributed by atoms with Gasteiger partial charge in [0.2, 0.25) is 0 Å². The maximum atomic E-state index is 13.3. The molecule has 2 heterocycles. The number of aromatic nitrogens is 2. The summed E-state index contributed by atoms with van der Waals surface area (Å²) in [6.45, 7) is 0.428. The molecule has 1 atom stereocenters. The molecule has 4 rings (SSSR count). The summed E-state index contributed by atoms with van der Waals surface area (Å²) >= 11 is 1.44. The third kappa shape index (κ3) is 3.95. The fraction of sp³-hybridized carbons (Fsp3) is 0.158. The van der Waals surface area contributed by atoms with E-state index in [4.69, 9.17) is 10.2 Å². The van der Waals surface area contributed by atoms with Crippen molar-refractivity contribution in [3.8, 4) is 10.4 Å². The molecule has 0 saturated heterocycles. The Kier molecular flexibility index (Phi) is 4.93. The highest BCUT2D eigenvalue weighted by atomic mass is 32.1. The number of hydrogen-bond acceptors (Lipinski definition) is 6. The Morgan fingerprint density at radius 1 is 1.21 bits per heavy atom. The van der Waals surface area contributed by atoms with Crippen molar-refractivity contribution in [1.82, 2.24) is 9.97 Å². The molecule has 0 aliphatic heterocycles. The Balaban J connectivity index is 1.39. The minimum atomic E-state index is -0.877. The van der Waals surface area contributed by atoms with Crippen LogP contribution in [0.15, 0.2) is 51.8 Å². The molecule has 6 nitrogen and oxygen atoms in total. The normalized spacial score (nSPS) is 12.4.